The third-order valence-electron chi connectivity index (χ3n) is 6.00. The fraction of sp³-hybridized carbons (Fsp3) is 0.0833. The van der Waals surface area contributed by atoms with Crippen molar-refractivity contribution < 1.29 is 26.8 Å². The smallest absolute Gasteiger partial charge is 0.268 e. The zero-order chi connectivity index (χ0) is 26.4. The number of hydrogen-bond donors (Lipinski definition) is 4. The molecule has 13 heteroatoms. The second-order valence-electron chi connectivity index (χ2n) is 8.29. The molecule has 0 fully saturated rings. The molecule has 10 nitrogen and oxygen atoms in total. The minimum absolute atomic E-state index is 0.127. The van der Waals surface area contributed by atoms with Crippen LogP contribution in [0.2, 0.25) is 0 Å². The SMILES string of the molecule is NC(=O)C1C=CN=CC1(NC(=O)c1ccc[nH]1)c1[nH]nc2ccc(S(=O)(=O)c3cc(F)cc(F)c3)cc12. The molecule has 2 aromatic heterocycles. The summed E-state index contributed by atoms with van der Waals surface area (Å²) in [6.07, 6.45) is 5.60. The summed E-state index contributed by atoms with van der Waals surface area (Å²) in [5, 5.41) is 9.94. The molecule has 188 valence electrons. The first-order chi connectivity index (χ1) is 17.6. The Labute approximate surface area is 208 Å². The highest BCUT2D eigenvalue weighted by molar-refractivity contribution is 7.91. The Morgan fingerprint density at radius 1 is 1.05 bits per heavy atom. The lowest BCUT2D eigenvalue weighted by atomic mass is 9.78. The Hall–Kier alpha value is -4.65. The molecule has 0 saturated carbocycles. The summed E-state index contributed by atoms with van der Waals surface area (Å²) >= 11 is 0. The van der Waals surface area contributed by atoms with Crippen molar-refractivity contribution in [3.63, 3.8) is 0 Å². The van der Waals surface area contributed by atoms with Crippen molar-refractivity contribution in [3.05, 3.63) is 90.0 Å². The standard InChI is InChI=1S/C24H18F2N6O4S/c25-13-8-14(26)10-16(9-13)37(35,36)15-3-4-19-17(11-15)21(32-31-19)24(12-28-7-5-18(24)22(27)33)30-23(34)20-2-1-6-29-20/h1-12,18,29H,(H2,27,33)(H,30,34)(H,31,32). The number of fused-ring (bicyclic) bond motifs is 1. The van der Waals surface area contributed by atoms with Gasteiger partial charge in [-0.25, -0.2) is 17.2 Å². The van der Waals surface area contributed by atoms with E-state index in [0.29, 0.717) is 23.7 Å². The summed E-state index contributed by atoms with van der Waals surface area (Å²) in [7, 11) is -4.36. The van der Waals surface area contributed by atoms with Crippen molar-refractivity contribution in [1.29, 1.82) is 0 Å². The van der Waals surface area contributed by atoms with Crippen molar-refractivity contribution in [2.24, 2.45) is 16.6 Å². The number of carbonyl (C=O) groups excluding carboxylic acids is 2. The second kappa shape index (κ2) is 8.78. The molecule has 1 aliphatic rings. The van der Waals surface area contributed by atoms with Gasteiger partial charge in [-0.1, -0.05) is 6.08 Å². The van der Waals surface area contributed by atoms with E-state index >= 15 is 0 Å². The van der Waals surface area contributed by atoms with Crippen LogP contribution in [0.4, 0.5) is 8.78 Å². The quantitative estimate of drug-likeness (QED) is 0.304. The maximum Gasteiger partial charge on any atom is 0.268 e. The number of amides is 2. The van der Waals surface area contributed by atoms with Crippen molar-refractivity contribution in [2.45, 2.75) is 15.3 Å². The number of carbonyl (C=O) groups is 2. The van der Waals surface area contributed by atoms with Gasteiger partial charge in [0, 0.05) is 30.1 Å². The van der Waals surface area contributed by atoms with Crippen molar-refractivity contribution >= 4 is 38.8 Å². The van der Waals surface area contributed by atoms with Gasteiger partial charge in [-0.3, -0.25) is 19.7 Å². The van der Waals surface area contributed by atoms with E-state index in [0.717, 1.165) is 0 Å². The fourth-order valence-electron chi connectivity index (χ4n) is 4.26. The molecule has 5 rings (SSSR count). The number of nitrogens with zero attached hydrogens (tertiary/aromatic N) is 2. The molecule has 37 heavy (non-hydrogen) atoms. The zero-order valence-electron chi connectivity index (χ0n) is 18.8. The van der Waals surface area contributed by atoms with Crippen molar-refractivity contribution in [3.8, 4) is 0 Å². The Morgan fingerprint density at radius 3 is 2.49 bits per heavy atom. The third kappa shape index (κ3) is 4.08. The van der Waals surface area contributed by atoms with Crippen LogP contribution in [0.15, 0.2) is 81.8 Å². The first-order valence-electron chi connectivity index (χ1n) is 10.8. The highest BCUT2D eigenvalue weighted by atomic mass is 32.2. The van der Waals surface area contributed by atoms with Gasteiger partial charge in [0.15, 0.2) is 0 Å². The van der Waals surface area contributed by atoms with E-state index in [9.17, 15) is 26.8 Å². The number of halogens is 2. The van der Waals surface area contributed by atoms with Crippen LogP contribution in [0.5, 0.6) is 0 Å². The number of aromatic amines is 2. The molecule has 0 radical (unpaired) electrons. The Bertz CT molecular complexity index is 1690. The van der Waals surface area contributed by atoms with Gasteiger partial charge in [0.25, 0.3) is 5.91 Å². The van der Waals surface area contributed by atoms with Crippen LogP contribution in [0, 0.1) is 17.6 Å². The summed E-state index contributed by atoms with van der Waals surface area (Å²) in [4.78, 5) is 31.6. The lowest BCUT2D eigenvalue weighted by molar-refractivity contribution is -0.121. The number of benzene rings is 2. The molecular formula is C24H18F2N6O4S. The van der Waals surface area contributed by atoms with Gasteiger partial charge in [0.1, 0.15) is 22.9 Å². The summed E-state index contributed by atoms with van der Waals surface area (Å²) < 4.78 is 54.0. The molecule has 2 unspecified atom stereocenters. The largest absolute Gasteiger partial charge is 0.369 e. The highest BCUT2D eigenvalue weighted by Crippen LogP contribution is 2.36. The number of H-pyrrole nitrogens is 2. The molecule has 3 heterocycles. The number of sulfone groups is 1. The summed E-state index contributed by atoms with van der Waals surface area (Å²) in [6.45, 7) is 0. The predicted octanol–water partition coefficient (Wildman–Crippen LogP) is 2.33. The van der Waals surface area contributed by atoms with Gasteiger partial charge >= 0.3 is 0 Å². The monoisotopic (exact) mass is 524 g/mol. The van der Waals surface area contributed by atoms with E-state index in [1.54, 1.807) is 12.3 Å². The second-order valence-corrected chi connectivity index (χ2v) is 10.2. The molecule has 0 saturated heterocycles. The van der Waals surface area contributed by atoms with Gasteiger partial charge < -0.3 is 16.0 Å². The predicted molar refractivity (Wildman–Crippen MR) is 128 cm³/mol. The number of nitrogens with one attached hydrogen (secondary N) is 3. The van der Waals surface area contributed by atoms with Crippen molar-refractivity contribution in [1.82, 2.24) is 20.5 Å². The molecule has 4 aromatic rings. The van der Waals surface area contributed by atoms with E-state index in [1.807, 2.05) is 0 Å². The lowest BCUT2D eigenvalue weighted by Crippen LogP contribution is -2.56. The van der Waals surface area contributed by atoms with E-state index in [2.05, 4.69) is 25.5 Å². The lowest BCUT2D eigenvalue weighted by Gasteiger charge is -2.36. The van der Waals surface area contributed by atoms with Crippen LogP contribution in [0.1, 0.15) is 16.2 Å². The molecular weight excluding hydrogens is 506 g/mol. The van der Waals surface area contributed by atoms with Crippen molar-refractivity contribution in [2.75, 3.05) is 0 Å². The topological polar surface area (TPSA) is 163 Å². The van der Waals surface area contributed by atoms with E-state index in [-0.39, 0.29) is 21.7 Å². The maximum absolute atomic E-state index is 13.8. The van der Waals surface area contributed by atoms with Crippen LogP contribution in [0.25, 0.3) is 10.9 Å². The molecule has 2 amide bonds. The molecule has 0 bridgehead atoms. The third-order valence-corrected chi connectivity index (χ3v) is 7.73. The first-order valence-corrected chi connectivity index (χ1v) is 12.3. The van der Waals surface area contributed by atoms with E-state index in [1.165, 1.54) is 42.8 Å². The number of nitrogens with two attached hydrogens (primary N) is 1. The average Bonchev–Trinajstić information content (AvgIpc) is 3.54. The number of aromatic nitrogens is 3. The van der Waals surface area contributed by atoms with Crippen LogP contribution >= 0.6 is 0 Å². The minimum Gasteiger partial charge on any atom is -0.369 e. The number of hydrogen-bond acceptors (Lipinski definition) is 6. The van der Waals surface area contributed by atoms with Gasteiger partial charge in [-0.05, 0) is 42.5 Å². The Morgan fingerprint density at radius 2 is 1.81 bits per heavy atom. The van der Waals surface area contributed by atoms with Gasteiger partial charge in [-0.15, -0.1) is 0 Å². The molecule has 2 aromatic carbocycles. The van der Waals surface area contributed by atoms with Gasteiger partial charge in [-0.2, -0.15) is 5.10 Å². The molecule has 1 aliphatic heterocycles. The Balaban J connectivity index is 1.69. The number of rotatable bonds is 6. The van der Waals surface area contributed by atoms with Crippen LogP contribution in [0.3, 0.4) is 0 Å². The maximum atomic E-state index is 13.8. The first kappa shape index (κ1) is 24.1. The highest BCUT2D eigenvalue weighted by Gasteiger charge is 2.46. The summed E-state index contributed by atoms with van der Waals surface area (Å²) in [5.74, 6) is -4.63. The fourth-order valence-corrected chi connectivity index (χ4v) is 5.59. The van der Waals surface area contributed by atoms with Crippen LogP contribution in [-0.4, -0.2) is 41.6 Å². The normalized spacial score (nSPS) is 19.2. The van der Waals surface area contributed by atoms with Crippen LogP contribution in [-0.2, 0) is 20.2 Å². The van der Waals surface area contributed by atoms with E-state index in [4.69, 9.17) is 5.73 Å². The van der Waals surface area contributed by atoms with Gasteiger partial charge in [0.2, 0.25) is 15.7 Å². The van der Waals surface area contributed by atoms with Crippen LogP contribution < -0.4 is 11.1 Å². The summed E-state index contributed by atoms with van der Waals surface area (Å²) in [6, 6.07) is 8.96. The number of aliphatic imine (C=N–C) groups is 1. The molecule has 5 N–H and O–H groups in total. The molecule has 0 spiro atoms. The minimum atomic E-state index is -4.36. The molecule has 2 atom stereocenters. The average molecular weight is 525 g/mol. The summed E-state index contributed by atoms with van der Waals surface area (Å²) in [5.41, 5.74) is 4.61. The zero-order valence-corrected chi connectivity index (χ0v) is 19.6. The number of primary amides is 1. The van der Waals surface area contributed by atoms with E-state index < -0.39 is 49.6 Å². The Kier molecular flexibility index (Phi) is 5.71. The van der Waals surface area contributed by atoms with Gasteiger partial charge in [0.05, 0.1) is 26.9 Å². The molecule has 0 aliphatic carbocycles.